The highest BCUT2D eigenvalue weighted by atomic mass is 35.5. The highest BCUT2D eigenvalue weighted by Crippen LogP contribution is 2.31. The molecule has 1 aliphatic carbocycles. The van der Waals surface area contributed by atoms with Gasteiger partial charge in [-0.1, -0.05) is 11.6 Å². The molecule has 0 atom stereocenters. The Kier molecular flexibility index (Phi) is 3.69. The molecular formula is C13H16ClNO2. The maximum absolute atomic E-state index is 10.6. The molecule has 1 aromatic carbocycles. The number of hydrogen-bond acceptors (Lipinski definition) is 3. The van der Waals surface area contributed by atoms with Gasteiger partial charge < -0.3 is 10.0 Å². The van der Waals surface area contributed by atoms with Crippen molar-refractivity contribution in [2.24, 2.45) is 5.92 Å². The summed E-state index contributed by atoms with van der Waals surface area (Å²) in [5.41, 5.74) is 1.52. The predicted molar refractivity (Wildman–Crippen MR) is 68.8 cm³/mol. The summed E-state index contributed by atoms with van der Waals surface area (Å²) in [6, 6.07) is 5.30. The fourth-order valence-electron chi connectivity index (χ4n) is 2.24. The Bertz CT molecular complexity index is 416. The summed E-state index contributed by atoms with van der Waals surface area (Å²) in [5.74, 6) is 0.539. The van der Waals surface area contributed by atoms with Crippen molar-refractivity contribution < 1.29 is 9.90 Å². The highest BCUT2D eigenvalue weighted by molar-refractivity contribution is 6.33. The van der Waals surface area contributed by atoms with Crippen LogP contribution in [0.25, 0.3) is 0 Å². The smallest absolute Gasteiger partial charge is 0.150 e. The molecule has 0 spiro atoms. The summed E-state index contributed by atoms with van der Waals surface area (Å²) < 4.78 is 0. The van der Waals surface area contributed by atoms with E-state index in [-0.39, 0.29) is 6.10 Å². The van der Waals surface area contributed by atoms with Crippen LogP contribution >= 0.6 is 11.6 Å². The first-order chi connectivity index (χ1) is 8.10. The van der Waals surface area contributed by atoms with E-state index in [9.17, 15) is 9.90 Å². The Morgan fingerprint density at radius 3 is 2.76 bits per heavy atom. The van der Waals surface area contributed by atoms with Gasteiger partial charge in [-0.15, -0.1) is 0 Å². The van der Waals surface area contributed by atoms with Crippen LogP contribution < -0.4 is 4.90 Å². The normalized spacial score (nSPS) is 23.0. The van der Waals surface area contributed by atoms with Gasteiger partial charge in [-0.25, -0.2) is 0 Å². The number of halogens is 1. The van der Waals surface area contributed by atoms with E-state index >= 15 is 0 Å². The number of carbonyl (C=O) groups is 1. The lowest BCUT2D eigenvalue weighted by atomic mass is 9.82. The summed E-state index contributed by atoms with van der Waals surface area (Å²) in [4.78, 5) is 12.7. The van der Waals surface area contributed by atoms with Crippen LogP contribution in [-0.2, 0) is 0 Å². The first-order valence-electron chi connectivity index (χ1n) is 5.74. The fraction of sp³-hybridized carbons (Fsp3) is 0.462. The SMILES string of the molecule is CN(CC1CC(O)C1)c1ccc(C=O)cc1Cl. The number of carbonyl (C=O) groups excluding carboxylic acids is 1. The van der Waals surface area contributed by atoms with Crippen molar-refractivity contribution in [3.63, 3.8) is 0 Å². The topological polar surface area (TPSA) is 40.5 Å². The standard InChI is InChI=1S/C13H16ClNO2/c1-15(7-10-4-11(17)5-10)13-3-2-9(8-16)6-12(13)14/h2-3,6,8,10-11,17H,4-5,7H2,1H3. The molecule has 1 N–H and O–H groups in total. The van der Waals surface area contributed by atoms with Gasteiger partial charge in [-0.2, -0.15) is 0 Å². The van der Waals surface area contributed by atoms with Crippen LogP contribution in [0.1, 0.15) is 23.2 Å². The average Bonchev–Trinajstić information content (AvgIpc) is 2.26. The quantitative estimate of drug-likeness (QED) is 0.838. The fourth-order valence-corrected chi connectivity index (χ4v) is 2.57. The van der Waals surface area contributed by atoms with Gasteiger partial charge in [0.2, 0.25) is 0 Å². The molecule has 0 aromatic heterocycles. The van der Waals surface area contributed by atoms with E-state index in [0.29, 0.717) is 16.5 Å². The van der Waals surface area contributed by atoms with Crippen molar-refractivity contribution in [1.29, 1.82) is 0 Å². The number of nitrogens with zero attached hydrogens (tertiary/aromatic N) is 1. The second-order valence-corrected chi connectivity index (χ2v) is 5.11. The molecule has 17 heavy (non-hydrogen) atoms. The minimum atomic E-state index is -0.124. The second-order valence-electron chi connectivity index (χ2n) is 4.70. The van der Waals surface area contributed by atoms with Crippen molar-refractivity contribution in [2.45, 2.75) is 18.9 Å². The molecule has 0 amide bonds. The zero-order chi connectivity index (χ0) is 12.4. The van der Waals surface area contributed by atoms with Crippen molar-refractivity contribution in [3.8, 4) is 0 Å². The van der Waals surface area contributed by atoms with E-state index in [1.165, 1.54) is 0 Å². The molecule has 1 aliphatic rings. The molecule has 92 valence electrons. The van der Waals surface area contributed by atoms with Crippen molar-refractivity contribution in [1.82, 2.24) is 0 Å². The number of aliphatic hydroxyl groups is 1. The van der Waals surface area contributed by atoms with Gasteiger partial charge in [0.15, 0.2) is 0 Å². The van der Waals surface area contributed by atoms with Gasteiger partial charge in [0.05, 0.1) is 16.8 Å². The number of hydrogen-bond donors (Lipinski definition) is 1. The van der Waals surface area contributed by atoms with Crippen LogP contribution in [0.3, 0.4) is 0 Å². The second kappa shape index (κ2) is 5.07. The number of aldehydes is 1. The Morgan fingerprint density at radius 2 is 2.24 bits per heavy atom. The monoisotopic (exact) mass is 253 g/mol. The van der Waals surface area contributed by atoms with Gasteiger partial charge in [0, 0.05) is 19.2 Å². The van der Waals surface area contributed by atoms with Crippen molar-refractivity contribution in [2.75, 3.05) is 18.5 Å². The lowest BCUT2D eigenvalue weighted by Crippen LogP contribution is -2.37. The number of aliphatic hydroxyl groups excluding tert-OH is 1. The Labute approximate surface area is 106 Å². The molecule has 3 nitrogen and oxygen atoms in total. The van der Waals surface area contributed by atoms with Gasteiger partial charge in [0.25, 0.3) is 0 Å². The summed E-state index contributed by atoms with van der Waals surface area (Å²) in [6.07, 6.45) is 2.40. The molecule has 0 unspecified atom stereocenters. The van der Waals surface area contributed by atoms with E-state index in [4.69, 9.17) is 11.6 Å². The molecule has 0 heterocycles. The molecule has 1 fully saturated rings. The van der Waals surface area contributed by atoms with Gasteiger partial charge in [0.1, 0.15) is 6.29 Å². The van der Waals surface area contributed by atoms with Crippen LogP contribution in [0.2, 0.25) is 5.02 Å². The van der Waals surface area contributed by atoms with Crippen LogP contribution in [0.15, 0.2) is 18.2 Å². The van der Waals surface area contributed by atoms with Crippen molar-refractivity contribution in [3.05, 3.63) is 28.8 Å². The molecule has 0 bridgehead atoms. The third-order valence-electron chi connectivity index (χ3n) is 3.26. The Balaban J connectivity index is 2.03. The van der Waals surface area contributed by atoms with E-state index < -0.39 is 0 Å². The molecule has 1 saturated carbocycles. The predicted octanol–water partition coefficient (Wildman–Crippen LogP) is 2.36. The Hall–Kier alpha value is -1.06. The molecule has 1 aromatic rings. The number of rotatable bonds is 4. The largest absolute Gasteiger partial charge is 0.393 e. The molecule has 2 rings (SSSR count). The Morgan fingerprint density at radius 1 is 1.53 bits per heavy atom. The zero-order valence-corrected chi connectivity index (χ0v) is 10.5. The lowest BCUT2D eigenvalue weighted by Gasteiger charge is -2.35. The minimum absolute atomic E-state index is 0.124. The molecule has 0 aliphatic heterocycles. The van der Waals surface area contributed by atoms with Crippen molar-refractivity contribution >= 4 is 23.6 Å². The highest BCUT2D eigenvalue weighted by Gasteiger charge is 2.28. The van der Waals surface area contributed by atoms with Crippen LogP contribution in [0.5, 0.6) is 0 Å². The van der Waals surface area contributed by atoms with Crippen LogP contribution in [-0.4, -0.2) is 31.1 Å². The minimum Gasteiger partial charge on any atom is -0.393 e. The van der Waals surface area contributed by atoms with Gasteiger partial charge in [-0.05, 0) is 37.0 Å². The van der Waals surface area contributed by atoms with E-state index in [1.54, 1.807) is 12.1 Å². The molecule has 0 saturated heterocycles. The molecule has 4 heteroatoms. The third kappa shape index (κ3) is 2.79. The summed E-state index contributed by atoms with van der Waals surface area (Å²) in [7, 11) is 1.98. The molecular weight excluding hydrogens is 238 g/mol. The van der Waals surface area contributed by atoms with Gasteiger partial charge in [-0.3, -0.25) is 4.79 Å². The maximum Gasteiger partial charge on any atom is 0.150 e. The van der Waals surface area contributed by atoms with E-state index in [1.807, 2.05) is 13.1 Å². The average molecular weight is 254 g/mol. The number of anilines is 1. The van der Waals surface area contributed by atoms with E-state index in [2.05, 4.69) is 4.90 Å². The van der Waals surface area contributed by atoms with Crippen LogP contribution in [0, 0.1) is 5.92 Å². The summed E-state index contributed by atoms with van der Waals surface area (Å²) in [6.45, 7) is 0.886. The third-order valence-corrected chi connectivity index (χ3v) is 3.56. The zero-order valence-electron chi connectivity index (χ0n) is 9.77. The summed E-state index contributed by atoms with van der Waals surface area (Å²) in [5, 5.41) is 9.84. The lowest BCUT2D eigenvalue weighted by molar-refractivity contribution is 0.0465. The van der Waals surface area contributed by atoms with Crippen LogP contribution in [0.4, 0.5) is 5.69 Å². The number of benzene rings is 1. The van der Waals surface area contributed by atoms with E-state index in [0.717, 1.165) is 31.4 Å². The molecule has 0 radical (unpaired) electrons. The maximum atomic E-state index is 10.6. The summed E-state index contributed by atoms with van der Waals surface area (Å²) >= 11 is 6.13. The van der Waals surface area contributed by atoms with Gasteiger partial charge >= 0.3 is 0 Å². The first kappa shape index (κ1) is 12.4. The first-order valence-corrected chi connectivity index (χ1v) is 6.12.